The second kappa shape index (κ2) is 5.72. The Morgan fingerprint density at radius 1 is 1.36 bits per heavy atom. The van der Waals surface area contributed by atoms with Gasteiger partial charge in [-0.3, -0.25) is 4.79 Å². The van der Waals surface area contributed by atoms with E-state index in [9.17, 15) is 13.2 Å². The number of carbonyl (C=O) groups excluding carboxylic acids is 1. The number of sulfone groups is 1. The average Bonchev–Trinajstić information content (AvgIpc) is 2.84. The highest BCUT2D eigenvalue weighted by atomic mass is 32.2. The molecule has 0 saturated carbocycles. The van der Waals surface area contributed by atoms with Crippen LogP contribution >= 0.6 is 0 Å². The lowest BCUT2D eigenvalue weighted by atomic mass is 10.0. The highest BCUT2D eigenvalue weighted by molar-refractivity contribution is 7.91. The zero-order valence-electron chi connectivity index (χ0n) is 12.4. The minimum Gasteiger partial charge on any atom is -0.352 e. The number of benzene rings is 1. The number of carbonyl (C=O) groups is 1. The molecule has 0 bridgehead atoms. The van der Waals surface area contributed by atoms with E-state index in [0.29, 0.717) is 24.9 Å². The monoisotopic (exact) mass is 321 g/mol. The minimum atomic E-state index is -2.85. The zero-order valence-corrected chi connectivity index (χ0v) is 13.2. The normalized spacial score (nSPS) is 18.4. The molecular formula is C15H19N3O3S. The van der Waals surface area contributed by atoms with Crippen molar-refractivity contribution in [1.29, 1.82) is 0 Å². The third kappa shape index (κ3) is 3.30. The Balaban J connectivity index is 1.61. The summed E-state index contributed by atoms with van der Waals surface area (Å²) >= 11 is 0. The number of imidazole rings is 1. The first kappa shape index (κ1) is 15.0. The van der Waals surface area contributed by atoms with Crippen LogP contribution in [0.1, 0.15) is 29.0 Å². The molecule has 1 aromatic carbocycles. The predicted molar refractivity (Wildman–Crippen MR) is 84.5 cm³/mol. The highest BCUT2D eigenvalue weighted by Gasteiger charge is 2.23. The molecule has 22 heavy (non-hydrogen) atoms. The van der Waals surface area contributed by atoms with E-state index in [1.54, 1.807) is 12.1 Å². The lowest BCUT2D eigenvalue weighted by Gasteiger charge is -2.22. The Morgan fingerprint density at radius 2 is 2.09 bits per heavy atom. The van der Waals surface area contributed by atoms with Crippen LogP contribution in [0.2, 0.25) is 0 Å². The molecule has 2 heterocycles. The van der Waals surface area contributed by atoms with Crippen LogP contribution in [0.3, 0.4) is 0 Å². The van der Waals surface area contributed by atoms with Crippen molar-refractivity contribution < 1.29 is 13.2 Å². The summed E-state index contributed by atoms with van der Waals surface area (Å²) < 4.78 is 22.8. The van der Waals surface area contributed by atoms with Gasteiger partial charge in [-0.2, -0.15) is 0 Å². The van der Waals surface area contributed by atoms with Crippen molar-refractivity contribution in [2.75, 3.05) is 18.1 Å². The van der Waals surface area contributed by atoms with E-state index in [2.05, 4.69) is 15.3 Å². The van der Waals surface area contributed by atoms with Gasteiger partial charge >= 0.3 is 0 Å². The van der Waals surface area contributed by atoms with Crippen LogP contribution < -0.4 is 5.32 Å². The number of aromatic nitrogens is 2. The van der Waals surface area contributed by atoms with Gasteiger partial charge in [-0.05, 0) is 43.9 Å². The van der Waals surface area contributed by atoms with Crippen molar-refractivity contribution >= 4 is 26.8 Å². The maximum absolute atomic E-state index is 12.2. The average molecular weight is 321 g/mol. The molecule has 7 heteroatoms. The summed E-state index contributed by atoms with van der Waals surface area (Å²) in [6.45, 7) is 2.39. The van der Waals surface area contributed by atoms with Crippen LogP contribution in [-0.2, 0) is 9.84 Å². The maximum Gasteiger partial charge on any atom is 0.251 e. The number of hydrogen-bond acceptors (Lipinski definition) is 4. The van der Waals surface area contributed by atoms with Crippen LogP contribution in [0.4, 0.5) is 0 Å². The standard InChI is InChI=1S/C15H19N3O3S/c1-10-17-13-3-2-12(8-14(13)18-10)15(19)16-9-11-4-6-22(20,21)7-5-11/h2-3,8,11H,4-7,9H2,1H3,(H,16,19)(H,17,18). The van der Waals surface area contributed by atoms with Gasteiger partial charge in [0.2, 0.25) is 0 Å². The Bertz CT molecular complexity index is 797. The van der Waals surface area contributed by atoms with Crippen LogP contribution in [0.15, 0.2) is 18.2 Å². The van der Waals surface area contributed by atoms with Gasteiger partial charge in [0.25, 0.3) is 5.91 Å². The van der Waals surface area contributed by atoms with Gasteiger partial charge in [0.15, 0.2) is 0 Å². The number of nitrogens with one attached hydrogen (secondary N) is 2. The molecule has 118 valence electrons. The van der Waals surface area contributed by atoms with Crippen molar-refractivity contribution in [2.24, 2.45) is 5.92 Å². The lowest BCUT2D eigenvalue weighted by molar-refractivity contribution is 0.0946. The summed E-state index contributed by atoms with van der Waals surface area (Å²) in [7, 11) is -2.85. The smallest absolute Gasteiger partial charge is 0.251 e. The number of H-pyrrole nitrogens is 1. The molecule has 0 spiro atoms. The molecule has 6 nitrogen and oxygen atoms in total. The first-order valence-electron chi connectivity index (χ1n) is 7.38. The quantitative estimate of drug-likeness (QED) is 0.894. The third-order valence-electron chi connectivity index (χ3n) is 4.09. The summed E-state index contributed by atoms with van der Waals surface area (Å²) in [5.41, 5.74) is 2.26. The van der Waals surface area contributed by atoms with E-state index < -0.39 is 9.84 Å². The molecular weight excluding hydrogens is 302 g/mol. The molecule has 1 aliphatic heterocycles. The zero-order chi connectivity index (χ0) is 15.7. The Kier molecular flexibility index (Phi) is 3.90. The van der Waals surface area contributed by atoms with Gasteiger partial charge in [-0.15, -0.1) is 0 Å². The van der Waals surface area contributed by atoms with Crippen molar-refractivity contribution in [2.45, 2.75) is 19.8 Å². The Morgan fingerprint density at radius 3 is 2.82 bits per heavy atom. The van der Waals surface area contributed by atoms with Gasteiger partial charge in [-0.25, -0.2) is 13.4 Å². The maximum atomic E-state index is 12.2. The lowest BCUT2D eigenvalue weighted by Crippen LogP contribution is -2.34. The number of aromatic amines is 1. The van der Waals surface area contributed by atoms with Crippen LogP contribution in [0, 0.1) is 12.8 Å². The molecule has 1 saturated heterocycles. The molecule has 0 radical (unpaired) electrons. The van der Waals surface area contributed by atoms with E-state index in [-0.39, 0.29) is 23.3 Å². The van der Waals surface area contributed by atoms with Gasteiger partial charge < -0.3 is 10.3 Å². The molecule has 2 N–H and O–H groups in total. The largest absolute Gasteiger partial charge is 0.352 e. The van der Waals surface area contributed by atoms with E-state index in [0.717, 1.165) is 16.9 Å². The van der Waals surface area contributed by atoms with Crippen molar-refractivity contribution in [1.82, 2.24) is 15.3 Å². The number of amides is 1. The molecule has 2 aromatic rings. The SMILES string of the molecule is Cc1nc2ccc(C(=O)NCC3CCS(=O)(=O)CC3)cc2[nH]1. The predicted octanol–water partition coefficient (Wildman–Crippen LogP) is 1.43. The first-order valence-corrected chi connectivity index (χ1v) is 9.20. The van der Waals surface area contributed by atoms with Crippen molar-refractivity contribution in [3.63, 3.8) is 0 Å². The van der Waals surface area contributed by atoms with Crippen molar-refractivity contribution in [3.05, 3.63) is 29.6 Å². The minimum absolute atomic E-state index is 0.136. The van der Waals surface area contributed by atoms with Gasteiger partial charge in [0, 0.05) is 12.1 Å². The number of hydrogen-bond donors (Lipinski definition) is 2. The van der Waals surface area contributed by atoms with Gasteiger partial charge in [0.05, 0.1) is 22.5 Å². The van der Waals surface area contributed by atoms with Crippen molar-refractivity contribution in [3.8, 4) is 0 Å². The summed E-state index contributed by atoms with van der Waals surface area (Å²) in [6, 6.07) is 5.36. The number of aryl methyl sites for hydroxylation is 1. The van der Waals surface area contributed by atoms with Crippen LogP contribution in [0.25, 0.3) is 11.0 Å². The number of rotatable bonds is 3. The molecule has 1 amide bonds. The molecule has 1 aromatic heterocycles. The number of fused-ring (bicyclic) bond motifs is 1. The summed E-state index contributed by atoms with van der Waals surface area (Å²) in [6.07, 6.45) is 1.25. The summed E-state index contributed by atoms with van der Waals surface area (Å²) in [5, 5.41) is 2.90. The first-order chi connectivity index (χ1) is 10.4. The molecule has 1 fully saturated rings. The fraction of sp³-hybridized carbons (Fsp3) is 0.467. The van der Waals surface area contributed by atoms with E-state index in [1.807, 2.05) is 13.0 Å². The molecule has 1 aliphatic rings. The Labute approximate surface area is 129 Å². The fourth-order valence-electron chi connectivity index (χ4n) is 2.76. The Hall–Kier alpha value is -1.89. The summed E-state index contributed by atoms with van der Waals surface area (Å²) in [4.78, 5) is 19.6. The highest BCUT2D eigenvalue weighted by Crippen LogP contribution is 2.18. The summed E-state index contributed by atoms with van der Waals surface area (Å²) in [5.74, 6) is 1.38. The fourth-order valence-corrected chi connectivity index (χ4v) is 4.35. The topological polar surface area (TPSA) is 91.9 Å². The van der Waals surface area contributed by atoms with Gasteiger partial charge in [-0.1, -0.05) is 0 Å². The molecule has 0 aliphatic carbocycles. The molecule has 0 unspecified atom stereocenters. The molecule has 0 atom stereocenters. The van der Waals surface area contributed by atoms with E-state index in [4.69, 9.17) is 0 Å². The second-order valence-corrected chi connectivity index (χ2v) is 8.16. The number of nitrogens with zero attached hydrogens (tertiary/aromatic N) is 1. The van der Waals surface area contributed by atoms with E-state index >= 15 is 0 Å². The van der Waals surface area contributed by atoms with E-state index in [1.165, 1.54) is 0 Å². The van der Waals surface area contributed by atoms with Gasteiger partial charge in [0.1, 0.15) is 15.7 Å². The van der Waals surface area contributed by atoms with Crippen LogP contribution in [0.5, 0.6) is 0 Å². The second-order valence-electron chi connectivity index (χ2n) is 5.86. The third-order valence-corrected chi connectivity index (χ3v) is 5.80. The molecule has 3 rings (SSSR count). The van der Waals surface area contributed by atoms with Crippen LogP contribution in [-0.4, -0.2) is 42.3 Å².